The van der Waals surface area contributed by atoms with E-state index in [9.17, 15) is 9.90 Å². The van der Waals surface area contributed by atoms with Gasteiger partial charge >= 0.3 is 5.97 Å². The Balaban J connectivity index is 2.04. The summed E-state index contributed by atoms with van der Waals surface area (Å²) in [6.45, 7) is 8.98. The van der Waals surface area contributed by atoms with Gasteiger partial charge in [-0.05, 0) is 52.7 Å². The Hall–Kier alpha value is -3.33. The van der Waals surface area contributed by atoms with E-state index in [1.165, 1.54) is 10.9 Å². The molecule has 1 N–H and O–H groups in total. The lowest BCUT2D eigenvalue weighted by Gasteiger charge is -2.17. The van der Waals surface area contributed by atoms with Gasteiger partial charge in [-0.3, -0.25) is 4.79 Å². The summed E-state index contributed by atoms with van der Waals surface area (Å²) in [4.78, 5) is 20.8. The zero-order valence-electron chi connectivity index (χ0n) is 16.0. The van der Waals surface area contributed by atoms with Crippen molar-refractivity contribution in [1.82, 2.24) is 14.5 Å². The van der Waals surface area contributed by atoms with E-state index in [2.05, 4.69) is 21.9 Å². The minimum atomic E-state index is -0.685. The molecule has 1 aromatic carbocycles. The Labute approximate surface area is 158 Å². The van der Waals surface area contributed by atoms with Crippen LogP contribution in [0.15, 0.2) is 30.6 Å². The van der Waals surface area contributed by atoms with Crippen LogP contribution in [0.2, 0.25) is 0 Å². The normalized spacial score (nSPS) is 11.1. The van der Waals surface area contributed by atoms with Crippen LogP contribution in [-0.4, -0.2) is 25.6 Å². The van der Waals surface area contributed by atoms with Crippen molar-refractivity contribution in [1.29, 1.82) is 0 Å². The number of ether oxygens (including phenoxy) is 1. The molecule has 0 fully saturated rings. The van der Waals surface area contributed by atoms with E-state index < -0.39 is 11.4 Å². The second-order valence-corrected chi connectivity index (χ2v) is 7.41. The number of aryl methyl sites for hydroxylation is 2. The molecular weight excluding hydrogens is 342 g/mol. The Morgan fingerprint density at radius 3 is 2.48 bits per heavy atom. The van der Waals surface area contributed by atoms with E-state index in [-0.39, 0.29) is 17.2 Å². The first-order valence-corrected chi connectivity index (χ1v) is 8.54. The van der Waals surface area contributed by atoms with Crippen LogP contribution in [0.3, 0.4) is 0 Å². The first-order chi connectivity index (χ1) is 12.7. The quantitative estimate of drug-likeness (QED) is 0.529. The van der Waals surface area contributed by atoms with Crippen LogP contribution in [0.5, 0.6) is 11.6 Å². The van der Waals surface area contributed by atoms with E-state index in [0.29, 0.717) is 11.5 Å². The molecule has 2 heterocycles. The van der Waals surface area contributed by atoms with Crippen LogP contribution >= 0.6 is 0 Å². The Bertz CT molecular complexity index is 1030. The lowest BCUT2D eigenvalue weighted by molar-refractivity contribution is -0.143. The summed E-state index contributed by atoms with van der Waals surface area (Å²) in [6.07, 6.45) is 1.39. The highest BCUT2D eigenvalue weighted by Crippen LogP contribution is 2.40. The van der Waals surface area contributed by atoms with E-state index in [0.717, 1.165) is 11.1 Å². The van der Waals surface area contributed by atoms with Crippen molar-refractivity contribution in [3.05, 3.63) is 47.4 Å². The van der Waals surface area contributed by atoms with Crippen LogP contribution in [0, 0.1) is 31.2 Å². The molecule has 0 bridgehead atoms. The molecule has 0 spiro atoms. The Morgan fingerprint density at radius 2 is 1.85 bits per heavy atom. The number of fused-ring (bicyclic) bond motifs is 1. The second-order valence-electron chi connectivity index (χ2n) is 7.41. The number of carbonyl (C=O) groups excluding carboxylic acids is 1. The molecule has 6 nitrogen and oxygen atoms in total. The molecular formula is C21H21N3O3. The molecule has 0 saturated carbocycles. The highest BCUT2D eigenvalue weighted by Gasteiger charge is 2.30. The summed E-state index contributed by atoms with van der Waals surface area (Å²) < 4.78 is 6.80. The lowest BCUT2D eigenvalue weighted by atomic mass is 9.97. The number of hydrogen-bond donors (Lipinski definition) is 1. The fourth-order valence-corrected chi connectivity index (χ4v) is 2.34. The second kappa shape index (κ2) is 6.76. The van der Waals surface area contributed by atoms with Gasteiger partial charge in [0.1, 0.15) is 11.9 Å². The summed E-state index contributed by atoms with van der Waals surface area (Å²) in [5.74, 6) is 2.89. The van der Waals surface area contributed by atoms with E-state index in [1.807, 2.05) is 31.2 Å². The van der Waals surface area contributed by atoms with Gasteiger partial charge in [-0.2, -0.15) is 0 Å². The maximum absolute atomic E-state index is 12.3. The molecule has 3 rings (SSSR count). The number of hydrogen-bond acceptors (Lipinski definition) is 5. The number of rotatable bonds is 1. The Kier molecular flexibility index (Phi) is 4.63. The summed E-state index contributed by atoms with van der Waals surface area (Å²) in [6, 6.07) is 10.6. The SMILES string of the molecule is Cc1ccc(C#Cn2cnc3nc(C)c(OC(=O)C(C)(C)C)c-3c2O)cc1. The standard InChI is InChI=1S/C21H21N3O3/c1-13-6-8-15(9-7-13)10-11-24-12-22-18-16(19(24)25)17(14(2)23-18)27-20(26)21(3,4)5/h6-9,12,25H,1-5H3. The maximum Gasteiger partial charge on any atom is 0.316 e. The number of benzene rings is 1. The van der Waals surface area contributed by atoms with Crippen molar-refractivity contribution in [2.24, 2.45) is 5.41 Å². The van der Waals surface area contributed by atoms with Crippen LogP contribution in [0.1, 0.15) is 37.6 Å². The van der Waals surface area contributed by atoms with Gasteiger partial charge in [0, 0.05) is 11.6 Å². The van der Waals surface area contributed by atoms with Gasteiger partial charge in [0.15, 0.2) is 11.6 Å². The number of aromatic nitrogens is 3. The molecule has 0 saturated heterocycles. The maximum atomic E-state index is 12.3. The van der Waals surface area contributed by atoms with Crippen molar-refractivity contribution in [2.45, 2.75) is 34.6 Å². The smallest absolute Gasteiger partial charge is 0.316 e. The summed E-state index contributed by atoms with van der Waals surface area (Å²) >= 11 is 0. The Morgan fingerprint density at radius 1 is 1.19 bits per heavy atom. The van der Waals surface area contributed by atoms with Crippen LogP contribution in [0.25, 0.3) is 11.4 Å². The average Bonchev–Trinajstić information content (AvgIpc) is 2.91. The predicted molar refractivity (Wildman–Crippen MR) is 102 cm³/mol. The fourth-order valence-electron chi connectivity index (χ4n) is 2.34. The van der Waals surface area contributed by atoms with Crippen molar-refractivity contribution >= 4 is 5.97 Å². The van der Waals surface area contributed by atoms with Gasteiger partial charge in [0.05, 0.1) is 11.1 Å². The topological polar surface area (TPSA) is 77.2 Å². The number of carbonyl (C=O) groups is 1. The van der Waals surface area contributed by atoms with Crippen molar-refractivity contribution in [3.63, 3.8) is 0 Å². The third-order valence-electron chi connectivity index (χ3n) is 3.98. The monoisotopic (exact) mass is 363 g/mol. The molecule has 0 aliphatic carbocycles. The lowest BCUT2D eigenvalue weighted by Crippen LogP contribution is -2.25. The van der Waals surface area contributed by atoms with Crippen LogP contribution in [0.4, 0.5) is 0 Å². The molecule has 1 aromatic rings. The first kappa shape index (κ1) is 18.5. The zero-order chi connectivity index (χ0) is 19.8. The van der Waals surface area contributed by atoms with Crippen LogP contribution < -0.4 is 4.74 Å². The van der Waals surface area contributed by atoms with Gasteiger partial charge in [0.25, 0.3) is 0 Å². The average molecular weight is 363 g/mol. The fraction of sp³-hybridized carbons (Fsp3) is 0.286. The molecule has 27 heavy (non-hydrogen) atoms. The molecule has 0 atom stereocenters. The van der Waals surface area contributed by atoms with Crippen molar-refractivity contribution in [2.75, 3.05) is 0 Å². The van der Waals surface area contributed by atoms with Gasteiger partial charge in [-0.15, -0.1) is 0 Å². The molecule has 138 valence electrons. The highest BCUT2D eigenvalue weighted by atomic mass is 16.5. The van der Waals surface area contributed by atoms with Gasteiger partial charge < -0.3 is 9.84 Å². The largest absolute Gasteiger partial charge is 0.493 e. The highest BCUT2D eigenvalue weighted by molar-refractivity contribution is 5.83. The van der Waals surface area contributed by atoms with Gasteiger partial charge in [-0.25, -0.2) is 14.5 Å². The number of esters is 1. The molecule has 0 amide bonds. The third-order valence-corrected chi connectivity index (χ3v) is 3.98. The zero-order valence-corrected chi connectivity index (χ0v) is 16.0. The van der Waals surface area contributed by atoms with Gasteiger partial charge in [0.2, 0.25) is 5.88 Å². The predicted octanol–water partition coefficient (Wildman–Crippen LogP) is 3.51. The minimum absolute atomic E-state index is 0.170. The summed E-state index contributed by atoms with van der Waals surface area (Å²) in [5, 5.41) is 10.7. The first-order valence-electron chi connectivity index (χ1n) is 8.54. The molecule has 0 unspecified atom stereocenters. The van der Waals surface area contributed by atoms with E-state index in [1.54, 1.807) is 27.7 Å². The molecule has 0 aromatic heterocycles. The molecule has 2 aliphatic heterocycles. The molecule has 2 aliphatic rings. The van der Waals surface area contributed by atoms with E-state index in [4.69, 9.17) is 4.74 Å². The van der Waals surface area contributed by atoms with E-state index >= 15 is 0 Å². The molecule has 0 radical (unpaired) electrons. The third kappa shape index (κ3) is 3.77. The van der Waals surface area contributed by atoms with Gasteiger partial charge in [-0.1, -0.05) is 17.7 Å². The minimum Gasteiger partial charge on any atom is -0.493 e. The summed E-state index contributed by atoms with van der Waals surface area (Å²) in [7, 11) is 0. The van der Waals surface area contributed by atoms with Crippen molar-refractivity contribution in [3.8, 4) is 35.0 Å². The number of aromatic hydroxyl groups is 1. The number of nitrogens with zero attached hydrogens (tertiary/aromatic N) is 3. The molecule has 6 heteroatoms. The van der Waals surface area contributed by atoms with Crippen molar-refractivity contribution < 1.29 is 14.6 Å². The summed E-state index contributed by atoms with van der Waals surface area (Å²) in [5.41, 5.74) is 2.02. The van der Waals surface area contributed by atoms with Crippen LogP contribution in [-0.2, 0) is 4.79 Å².